The molecule has 0 aromatic carbocycles. The van der Waals surface area contributed by atoms with E-state index < -0.39 is 0 Å². The average Bonchev–Trinajstić information content (AvgIpc) is 2.70. The van der Waals surface area contributed by atoms with Crippen LogP contribution < -0.4 is 4.72 Å². The molecule has 0 amide bonds. The van der Waals surface area contributed by atoms with Crippen molar-refractivity contribution in [3.8, 4) is 0 Å². The van der Waals surface area contributed by atoms with Crippen molar-refractivity contribution in [1.29, 1.82) is 0 Å². The van der Waals surface area contributed by atoms with Crippen LogP contribution in [-0.2, 0) is 6.42 Å². The summed E-state index contributed by atoms with van der Waals surface area (Å²) < 4.78 is 2.95. The van der Waals surface area contributed by atoms with Crippen LogP contribution in [0.25, 0.3) is 0 Å². The summed E-state index contributed by atoms with van der Waals surface area (Å²) in [6, 6.07) is 2.20. The molecular weight excluding hydrogens is 222 g/mol. The molecule has 1 aromatic heterocycles. The summed E-state index contributed by atoms with van der Waals surface area (Å²) in [6.45, 7) is 2.26. The zero-order valence-corrected chi connectivity index (χ0v) is 11.2. The summed E-state index contributed by atoms with van der Waals surface area (Å²) in [5, 5.41) is 3.34. The third-order valence-corrected chi connectivity index (χ3v) is 3.89. The molecule has 0 bridgehead atoms. The molecule has 0 atom stereocenters. The Kier molecular flexibility index (Phi) is 6.94. The van der Waals surface area contributed by atoms with Gasteiger partial charge in [0.1, 0.15) is 5.00 Å². The number of unbranched alkanes of at least 4 members (excludes halogenated alkanes) is 5. The quantitative estimate of drug-likeness (QED) is 0.488. The molecule has 0 aliphatic heterocycles. The Morgan fingerprint density at radius 1 is 1.20 bits per heavy atom. The van der Waals surface area contributed by atoms with Crippen molar-refractivity contribution in [3.05, 3.63) is 17.0 Å². The molecule has 0 radical (unpaired) electrons. The van der Waals surface area contributed by atoms with Crippen molar-refractivity contribution in [3.63, 3.8) is 0 Å². The molecule has 86 valence electrons. The van der Waals surface area contributed by atoms with Crippen LogP contribution in [0.5, 0.6) is 0 Å². The van der Waals surface area contributed by atoms with Gasteiger partial charge in [-0.3, -0.25) is 0 Å². The molecule has 0 unspecified atom stereocenters. The fourth-order valence-electron chi connectivity index (χ4n) is 1.73. The Labute approximate surface area is 103 Å². The first-order valence-electron chi connectivity index (χ1n) is 5.85. The number of nitrogens with one attached hydrogen (secondary N) is 1. The van der Waals surface area contributed by atoms with Crippen molar-refractivity contribution in [1.82, 2.24) is 0 Å². The summed E-state index contributed by atoms with van der Waals surface area (Å²) >= 11 is 5.83. The predicted molar refractivity (Wildman–Crippen MR) is 74.0 cm³/mol. The number of thiol groups is 1. The second-order valence-electron chi connectivity index (χ2n) is 3.90. The fraction of sp³-hybridized carbons (Fsp3) is 0.667. The summed E-state index contributed by atoms with van der Waals surface area (Å²) in [7, 11) is 0. The maximum Gasteiger partial charge on any atom is 0.101 e. The topological polar surface area (TPSA) is 12.0 Å². The zero-order chi connectivity index (χ0) is 10.9. The summed E-state index contributed by atoms with van der Waals surface area (Å²) in [5.41, 5.74) is 1.42. The molecular formula is C12H21NS2. The van der Waals surface area contributed by atoms with E-state index in [2.05, 4.69) is 35.9 Å². The van der Waals surface area contributed by atoms with Crippen LogP contribution in [0.1, 0.15) is 51.0 Å². The number of anilines is 1. The van der Waals surface area contributed by atoms with Crippen molar-refractivity contribution in [2.75, 3.05) is 4.72 Å². The predicted octanol–water partition coefficient (Wildman–Crippen LogP) is 4.91. The highest BCUT2D eigenvalue weighted by Crippen LogP contribution is 2.25. The van der Waals surface area contributed by atoms with E-state index in [0.29, 0.717) is 0 Å². The molecule has 3 heteroatoms. The van der Waals surface area contributed by atoms with E-state index >= 15 is 0 Å². The van der Waals surface area contributed by atoms with Crippen molar-refractivity contribution < 1.29 is 0 Å². The van der Waals surface area contributed by atoms with Crippen LogP contribution in [-0.4, -0.2) is 0 Å². The summed E-state index contributed by atoms with van der Waals surface area (Å²) in [5.74, 6) is 0. The van der Waals surface area contributed by atoms with Gasteiger partial charge in [-0.15, -0.1) is 11.3 Å². The SMILES string of the molecule is CCCCCCCCc1ccsc1NS. The van der Waals surface area contributed by atoms with Gasteiger partial charge in [0, 0.05) is 0 Å². The lowest BCUT2D eigenvalue weighted by Crippen LogP contribution is -1.87. The normalized spacial score (nSPS) is 10.5. The Morgan fingerprint density at radius 3 is 2.67 bits per heavy atom. The summed E-state index contributed by atoms with van der Waals surface area (Å²) in [6.07, 6.45) is 9.38. The molecule has 0 spiro atoms. The van der Waals surface area contributed by atoms with Crippen LogP contribution in [0.2, 0.25) is 0 Å². The lowest BCUT2D eigenvalue weighted by Gasteiger charge is -2.02. The minimum Gasteiger partial charge on any atom is -0.324 e. The number of rotatable bonds is 8. The summed E-state index contributed by atoms with van der Waals surface area (Å²) in [4.78, 5) is 0. The average molecular weight is 243 g/mol. The van der Waals surface area contributed by atoms with E-state index in [1.165, 1.54) is 55.5 Å². The van der Waals surface area contributed by atoms with E-state index in [-0.39, 0.29) is 0 Å². The minimum atomic E-state index is 1.19. The molecule has 0 aliphatic rings. The molecule has 0 aliphatic carbocycles. The van der Waals surface area contributed by atoms with Gasteiger partial charge in [-0.2, -0.15) is 0 Å². The van der Waals surface area contributed by atoms with Crippen LogP contribution in [0.15, 0.2) is 11.4 Å². The first-order chi connectivity index (χ1) is 7.38. The number of hydrogen-bond donors (Lipinski definition) is 2. The highest BCUT2D eigenvalue weighted by Gasteiger charge is 2.01. The lowest BCUT2D eigenvalue weighted by molar-refractivity contribution is 0.608. The van der Waals surface area contributed by atoms with E-state index in [1.807, 2.05) is 0 Å². The maximum absolute atomic E-state index is 4.10. The van der Waals surface area contributed by atoms with Crippen LogP contribution in [0, 0.1) is 0 Å². The second-order valence-corrected chi connectivity index (χ2v) is 5.04. The van der Waals surface area contributed by atoms with Gasteiger partial charge >= 0.3 is 0 Å². The molecule has 0 fully saturated rings. The Balaban J connectivity index is 2.09. The fourth-order valence-corrected chi connectivity index (χ4v) is 2.77. The van der Waals surface area contributed by atoms with Crippen molar-refractivity contribution in [2.45, 2.75) is 51.9 Å². The van der Waals surface area contributed by atoms with Gasteiger partial charge in [-0.05, 0) is 29.9 Å². The van der Waals surface area contributed by atoms with E-state index in [0.717, 1.165) is 0 Å². The first kappa shape index (κ1) is 12.9. The number of aryl methyl sites for hydroxylation is 1. The zero-order valence-electron chi connectivity index (χ0n) is 9.46. The molecule has 1 N–H and O–H groups in total. The Morgan fingerprint density at radius 2 is 1.93 bits per heavy atom. The Hall–Kier alpha value is -0.150. The monoisotopic (exact) mass is 243 g/mol. The largest absolute Gasteiger partial charge is 0.324 e. The van der Waals surface area contributed by atoms with Crippen LogP contribution in [0.4, 0.5) is 5.00 Å². The first-order valence-corrected chi connectivity index (χ1v) is 7.17. The van der Waals surface area contributed by atoms with Crippen molar-refractivity contribution in [2.24, 2.45) is 0 Å². The van der Waals surface area contributed by atoms with Gasteiger partial charge in [0.25, 0.3) is 0 Å². The van der Waals surface area contributed by atoms with E-state index in [1.54, 1.807) is 11.3 Å². The van der Waals surface area contributed by atoms with Crippen molar-refractivity contribution >= 4 is 29.2 Å². The van der Waals surface area contributed by atoms with Gasteiger partial charge in [-0.25, -0.2) is 0 Å². The molecule has 1 aromatic rings. The van der Waals surface area contributed by atoms with Crippen LogP contribution >= 0.6 is 24.2 Å². The Bertz CT molecular complexity index is 258. The molecule has 15 heavy (non-hydrogen) atoms. The second kappa shape index (κ2) is 8.05. The molecule has 1 nitrogen and oxygen atoms in total. The molecule has 0 saturated carbocycles. The van der Waals surface area contributed by atoms with Gasteiger partial charge in [0.2, 0.25) is 0 Å². The van der Waals surface area contributed by atoms with Gasteiger partial charge < -0.3 is 4.72 Å². The van der Waals surface area contributed by atoms with Gasteiger partial charge in [0.05, 0.1) is 0 Å². The highest BCUT2D eigenvalue weighted by molar-refractivity contribution is 7.82. The third kappa shape index (κ3) is 4.94. The minimum absolute atomic E-state index is 1.19. The van der Waals surface area contributed by atoms with E-state index in [4.69, 9.17) is 0 Å². The molecule has 0 saturated heterocycles. The highest BCUT2D eigenvalue weighted by atomic mass is 32.1. The molecule has 1 rings (SSSR count). The van der Waals surface area contributed by atoms with Crippen LogP contribution in [0.3, 0.4) is 0 Å². The number of thiophene rings is 1. The maximum atomic E-state index is 4.10. The van der Waals surface area contributed by atoms with E-state index in [9.17, 15) is 0 Å². The lowest BCUT2D eigenvalue weighted by atomic mass is 10.1. The van der Waals surface area contributed by atoms with Gasteiger partial charge in [0.15, 0.2) is 0 Å². The standard InChI is InChI=1S/C12H21NS2/c1-2-3-4-5-6-7-8-11-9-10-15-12(11)13-14/h9-10,13-14H,2-8H2,1H3. The number of hydrogen-bond acceptors (Lipinski definition) is 3. The third-order valence-electron chi connectivity index (χ3n) is 2.65. The van der Waals surface area contributed by atoms with Gasteiger partial charge in [-0.1, -0.05) is 51.8 Å². The molecule has 1 heterocycles. The smallest absolute Gasteiger partial charge is 0.101 e.